The number of nitrogens with zero attached hydrogens (tertiary/aromatic N) is 2. The highest BCUT2D eigenvalue weighted by Crippen LogP contribution is 2.18. The number of benzene rings is 1. The molecule has 0 saturated carbocycles. The van der Waals surface area contributed by atoms with Crippen molar-refractivity contribution in [3.05, 3.63) is 42.2 Å². The third kappa shape index (κ3) is 2.76. The first-order chi connectivity index (χ1) is 9.31. The average Bonchev–Trinajstić information content (AvgIpc) is 3.06. The Labute approximate surface area is 111 Å². The number of aliphatic imine (C=N–C) groups is 1. The number of hydrogen-bond acceptors (Lipinski definition) is 5. The molecule has 2 N–H and O–H groups in total. The van der Waals surface area contributed by atoms with Gasteiger partial charge in [0.1, 0.15) is 5.69 Å². The van der Waals surface area contributed by atoms with Crippen LogP contribution in [0.15, 0.2) is 45.9 Å². The number of nitrogens with one attached hydrogen (secondary N) is 2. The highest BCUT2D eigenvalue weighted by Gasteiger charge is 2.13. The first-order valence-corrected chi connectivity index (χ1v) is 6.37. The Hall–Kier alpha value is -2.30. The van der Waals surface area contributed by atoms with E-state index in [9.17, 15) is 0 Å². The second-order valence-electron chi connectivity index (χ2n) is 4.63. The van der Waals surface area contributed by atoms with Crippen molar-refractivity contribution in [2.24, 2.45) is 4.99 Å². The van der Waals surface area contributed by atoms with Gasteiger partial charge in [-0.1, -0.05) is 35.5 Å². The Morgan fingerprint density at radius 2 is 2.21 bits per heavy atom. The van der Waals surface area contributed by atoms with Gasteiger partial charge in [0, 0.05) is 17.7 Å². The molecular formula is C14H16N4O. The second-order valence-corrected chi connectivity index (χ2v) is 4.63. The van der Waals surface area contributed by atoms with Crippen molar-refractivity contribution in [1.82, 2.24) is 15.8 Å². The van der Waals surface area contributed by atoms with Crippen LogP contribution < -0.4 is 10.6 Å². The molecule has 5 heteroatoms. The number of guanidine groups is 1. The largest absolute Gasteiger partial charge is 0.359 e. The molecule has 19 heavy (non-hydrogen) atoms. The van der Waals surface area contributed by atoms with Crippen molar-refractivity contribution in [2.75, 3.05) is 6.54 Å². The fourth-order valence-electron chi connectivity index (χ4n) is 1.97. The van der Waals surface area contributed by atoms with Crippen molar-refractivity contribution < 1.29 is 4.52 Å². The van der Waals surface area contributed by atoms with Gasteiger partial charge in [-0.15, -0.1) is 0 Å². The van der Waals surface area contributed by atoms with Crippen LogP contribution in [0.25, 0.3) is 11.3 Å². The molecule has 1 aliphatic rings. The normalized spacial score (nSPS) is 17.9. The van der Waals surface area contributed by atoms with Gasteiger partial charge in [-0.3, -0.25) is 4.99 Å². The minimum absolute atomic E-state index is 0.400. The van der Waals surface area contributed by atoms with E-state index in [-0.39, 0.29) is 0 Å². The van der Waals surface area contributed by atoms with Crippen molar-refractivity contribution >= 4 is 5.96 Å². The molecular weight excluding hydrogens is 240 g/mol. The van der Waals surface area contributed by atoms with Gasteiger partial charge in [0.15, 0.2) is 11.7 Å². The van der Waals surface area contributed by atoms with Gasteiger partial charge < -0.3 is 15.2 Å². The summed E-state index contributed by atoms with van der Waals surface area (Å²) >= 11 is 0. The zero-order valence-electron chi connectivity index (χ0n) is 10.8. The van der Waals surface area contributed by atoms with E-state index in [1.807, 2.05) is 36.4 Å². The van der Waals surface area contributed by atoms with Crippen LogP contribution in [0.1, 0.15) is 12.7 Å². The Bertz CT molecular complexity index is 576. The molecule has 1 aromatic carbocycles. The van der Waals surface area contributed by atoms with Gasteiger partial charge in [0.25, 0.3) is 0 Å². The van der Waals surface area contributed by atoms with Crippen molar-refractivity contribution in [2.45, 2.75) is 19.5 Å². The van der Waals surface area contributed by atoms with Crippen molar-refractivity contribution in [3.63, 3.8) is 0 Å². The predicted octanol–water partition coefficient (Wildman–Crippen LogP) is 1.78. The van der Waals surface area contributed by atoms with Crippen LogP contribution in [-0.4, -0.2) is 23.7 Å². The molecule has 0 amide bonds. The number of aromatic nitrogens is 1. The first-order valence-electron chi connectivity index (χ1n) is 6.37. The summed E-state index contributed by atoms with van der Waals surface area (Å²) in [7, 11) is 0. The molecule has 0 radical (unpaired) electrons. The van der Waals surface area contributed by atoms with E-state index in [0.29, 0.717) is 12.6 Å². The van der Waals surface area contributed by atoms with Crippen LogP contribution in [0.3, 0.4) is 0 Å². The zero-order chi connectivity index (χ0) is 13.1. The summed E-state index contributed by atoms with van der Waals surface area (Å²) in [5.74, 6) is 1.62. The van der Waals surface area contributed by atoms with Gasteiger partial charge in [-0.25, -0.2) is 0 Å². The molecule has 0 bridgehead atoms. The molecule has 0 fully saturated rings. The molecule has 0 saturated heterocycles. The molecule has 5 nitrogen and oxygen atoms in total. The molecule has 2 heterocycles. The van der Waals surface area contributed by atoms with Crippen LogP contribution in [0.2, 0.25) is 0 Å². The Kier molecular flexibility index (Phi) is 3.18. The molecule has 98 valence electrons. The van der Waals surface area contributed by atoms with Crippen molar-refractivity contribution in [3.8, 4) is 11.3 Å². The average molecular weight is 256 g/mol. The van der Waals surface area contributed by atoms with Crippen LogP contribution in [0.5, 0.6) is 0 Å². The van der Waals surface area contributed by atoms with Crippen LogP contribution in [0, 0.1) is 0 Å². The van der Waals surface area contributed by atoms with Crippen molar-refractivity contribution in [1.29, 1.82) is 0 Å². The summed E-state index contributed by atoms with van der Waals surface area (Å²) in [4.78, 5) is 4.33. The van der Waals surface area contributed by atoms with Gasteiger partial charge >= 0.3 is 0 Å². The second kappa shape index (κ2) is 5.14. The molecule has 1 aliphatic heterocycles. The Morgan fingerprint density at radius 1 is 1.37 bits per heavy atom. The van der Waals surface area contributed by atoms with E-state index in [4.69, 9.17) is 4.52 Å². The Morgan fingerprint density at radius 3 is 2.95 bits per heavy atom. The maximum absolute atomic E-state index is 5.31. The summed E-state index contributed by atoms with van der Waals surface area (Å²) in [5, 5.41) is 10.5. The topological polar surface area (TPSA) is 62.5 Å². The number of hydrogen-bond donors (Lipinski definition) is 2. The highest BCUT2D eigenvalue weighted by atomic mass is 16.5. The maximum atomic E-state index is 5.31. The highest BCUT2D eigenvalue weighted by molar-refractivity contribution is 5.81. The van der Waals surface area contributed by atoms with Gasteiger partial charge in [-0.2, -0.15) is 0 Å². The van der Waals surface area contributed by atoms with Crippen LogP contribution in [-0.2, 0) is 6.54 Å². The van der Waals surface area contributed by atoms with Gasteiger partial charge in [0.2, 0.25) is 0 Å². The lowest BCUT2D eigenvalue weighted by atomic mass is 10.1. The predicted molar refractivity (Wildman–Crippen MR) is 73.7 cm³/mol. The Balaban J connectivity index is 1.63. The van der Waals surface area contributed by atoms with E-state index in [1.54, 1.807) is 0 Å². The number of rotatable bonds is 3. The fourth-order valence-corrected chi connectivity index (χ4v) is 1.97. The first kappa shape index (κ1) is 11.8. The fraction of sp³-hybridized carbons (Fsp3) is 0.286. The monoisotopic (exact) mass is 256 g/mol. The lowest BCUT2D eigenvalue weighted by Crippen LogP contribution is -2.37. The van der Waals surface area contributed by atoms with E-state index in [2.05, 4.69) is 27.7 Å². The SMILES string of the molecule is CC1CN=C(NCc2cc(-c3ccccc3)no2)N1. The maximum Gasteiger partial charge on any atom is 0.191 e. The molecule has 1 unspecified atom stereocenters. The zero-order valence-corrected chi connectivity index (χ0v) is 10.8. The van der Waals surface area contributed by atoms with Crippen LogP contribution in [0.4, 0.5) is 0 Å². The molecule has 1 aromatic heterocycles. The van der Waals surface area contributed by atoms with E-state index < -0.39 is 0 Å². The summed E-state index contributed by atoms with van der Waals surface area (Å²) in [6.07, 6.45) is 0. The van der Waals surface area contributed by atoms with Gasteiger partial charge in [-0.05, 0) is 6.92 Å². The van der Waals surface area contributed by atoms with E-state index in [0.717, 1.165) is 29.5 Å². The third-order valence-corrected chi connectivity index (χ3v) is 2.96. The molecule has 3 rings (SSSR count). The molecule has 0 spiro atoms. The van der Waals surface area contributed by atoms with Gasteiger partial charge in [0.05, 0.1) is 13.1 Å². The smallest absolute Gasteiger partial charge is 0.191 e. The minimum atomic E-state index is 0.400. The lowest BCUT2D eigenvalue weighted by Gasteiger charge is -2.06. The quantitative estimate of drug-likeness (QED) is 0.878. The summed E-state index contributed by atoms with van der Waals surface area (Å²) in [6, 6.07) is 12.3. The molecule has 0 aliphatic carbocycles. The summed E-state index contributed by atoms with van der Waals surface area (Å²) < 4.78 is 5.31. The third-order valence-electron chi connectivity index (χ3n) is 2.96. The van der Waals surface area contributed by atoms with Crippen LogP contribution >= 0.6 is 0 Å². The molecule has 1 atom stereocenters. The summed E-state index contributed by atoms with van der Waals surface area (Å²) in [6.45, 7) is 3.49. The standard InChI is InChI=1S/C14H16N4O/c1-10-8-15-14(17-10)16-9-12-7-13(18-19-12)11-5-3-2-4-6-11/h2-7,10H,8-9H2,1H3,(H2,15,16,17). The van der Waals surface area contributed by atoms with E-state index in [1.165, 1.54) is 0 Å². The minimum Gasteiger partial charge on any atom is -0.359 e. The summed E-state index contributed by atoms with van der Waals surface area (Å²) in [5.41, 5.74) is 1.91. The van der Waals surface area contributed by atoms with E-state index >= 15 is 0 Å². The lowest BCUT2D eigenvalue weighted by molar-refractivity contribution is 0.382. The molecule has 2 aromatic rings.